The van der Waals surface area contributed by atoms with Gasteiger partial charge in [-0.15, -0.1) is 0 Å². The number of halogens is 3. The summed E-state index contributed by atoms with van der Waals surface area (Å²) in [5.74, 6) is -0.405. The van der Waals surface area contributed by atoms with Crippen molar-refractivity contribution in [1.29, 1.82) is 0 Å². The van der Waals surface area contributed by atoms with Crippen molar-refractivity contribution in [2.45, 2.75) is 24.8 Å². The van der Waals surface area contributed by atoms with Crippen molar-refractivity contribution >= 4 is 55.1 Å². The average molecular weight is 538 g/mol. The second-order valence-corrected chi connectivity index (χ2v) is 10.1. The number of rotatable bonds is 11. The lowest BCUT2D eigenvalue weighted by Gasteiger charge is -2.22. The van der Waals surface area contributed by atoms with Gasteiger partial charge in [0.1, 0.15) is 0 Å². The van der Waals surface area contributed by atoms with Gasteiger partial charge in [0.2, 0.25) is 15.9 Å². The minimum absolute atomic E-state index is 0.0687. The largest absolute Gasteiger partial charge is 0.382 e. The molecule has 2 aromatic carbocycles. The molecule has 0 bridgehead atoms. The third-order valence-electron chi connectivity index (χ3n) is 4.12. The molecule has 0 fully saturated rings. The van der Waals surface area contributed by atoms with Gasteiger partial charge in [0, 0.05) is 40.8 Å². The van der Waals surface area contributed by atoms with Crippen LogP contribution < -0.4 is 5.32 Å². The number of amides is 1. The highest BCUT2D eigenvalue weighted by atomic mass is 79.9. The van der Waals surface area contributed by atoms with E-state index in [-0.39, 0.29) is 18.0 Å². The molecule has 1 amide bonds. The lowest BCUT2D eigenvalue weighted by atomic mass is 10.2. The van der Waals surface area contributed by atoms with E-state index in [4.69, 9.17) is 27.9 Å². The Labute approximate surface area is 195 Å². The van der Waals surface area contributed by atoms with Gasteiger partial charge in [0.05, 0.1) is 11.4 Å². The standard InChI is InChI=1S/C20H23BrCl2N2O4S/c1-2-29-11-3-10-24-20(26)14-25(13-15-4-7-17(22)12-19(15)23)30(27,28)18-8-5-16(21)6-9-18/h4-9,12H,2-3,10-11,13-14H2,1H3,(H,24,26). The first-order valence-corrected chi connectivity index (χ1v) is 12.3. The van der Waals surface area contributed by atoms with E-state index in [1.807, 2.05) is 6.92 Å². The molecule has 0 saturated heterocycles. The van der Waals surface area contributed by atoms with E-state index in [2.05, 4.69) is 21.2 Å². The van der Waals surface area contributed by atoms with Gasteiger partial charge in [0.25, 0.3) is 0 Å². The van der Waals surface area contributed by atoms with Crippen molar-refractivity contribution in [3.63, 3.8) is 0 Å². The van der Waals surface area contributed by atoms with Crippen molar-refractivity contribution < 1.29 is 17.9 Å². The summed E-state index contributed by atoms with van der Waals surface area (Å²) in [7, 11) is -3.94. The predicted octanol–water partition coefficient (Wildman–Crippen LogP) is 4.49. The Morgan fingerprint density at radius 1 is 1.17 bits per heavy atom. The summed E-state index contributed by atoms with van der Waals surface area (Å²) in [6.07, 6.45) is 0.641. The maximum absolute atomic E-state index is 13.2. The molecule has 2 rings (SSSR count). The second-order valence-electron chi connectivity index (χ2n) is 6.36. The minimum Gasteiger partial charge on any atom is -0.382 e. The maximum atomic E-state index is 13.2. The van der Waals surface area contributed by atoms with E-state index in [1.165, 1.54) is 18.2 Å². The molecule has 6 nitrogen and oxygen atoms in total. The van der Waals surface area contributed by atoms with Crippen molar-refractivity contribution in [2.75, 3.05) is 26.3 Å². The molecule has 0 heterocycles. The molecule has 10 heteroatoms. The van der Waals surface area contributed by atoms with E-state index in [0.717, 1.165) is 8.78 Å². The van der Waals surface area contributed by atoms with Crippen LogP contribution in [0.25, 0.3) is 0 Å². The smallest absolute Gasteiger partial charge is 0.243 e. The first-order valence-electron chi connectivity index (χ1n) is 9.28. The molecular formula is C20H23BrCl2N2O4S. The molecule has 0 aliphatic rings. The van der Waals surface area contributed by atoms with Crippen molar-refractivity contribution in [3.05, 3.63) is 62.5 Å². The molecular weight excluding hydrogens is 515 g/mol. The maximum Gasteiger partial charge on any atom is 0.243 e. The van der Waals surface area contributed by atoms with Crippen LogP contribution >= 0.6 is 39.1 Å². The predicted molar refractivity (Wildman–Crippen MR) is 122 cm³/mol. The van der Waals surface area contributed by atoms with E-state index in [9.17, 15) is 13.2 Å². The third-order valence-corrected chi connectivity index (χ3v) is 7.05. The zero-order valence-electron chi connectivity index (χ0n) is 16.4. The summed E-state index contributed by atoms with van der Waals surface area (Å²) in [4.78, 5) is 12.5. The van der Waals surface area contributed by atoms with Crippen LogP contribution in [0.5, 0.6) is 0 Å². The normalized spacial score (nSPS) is 11.6. The minimum atomic E-state index is -3.94. The number of nitrogens with one attached hydrogen (secondary N) is 1. The highest BCUT2D eigenvalue weighted by molar-refractivity contribution is 9.10. The molecule has 2 aromatic rings. The SMILES string of the molecule is CCOCCCNC(=O)CN(Cc1ccc(Cl)cc1Cl)S(=O)(=O)c1ccc(Br)cc1. The molecule has 0 unspecified atom stereocenters. The monoisotopic (exact) mass is 536 g/mol. The summed E-state index contributed by atoms with van der Waals surface area (Å²) in [5, 5.41) is 3.50. The number of carbonyl (C=O) groups is 1. The summed E-state index contributed by atoms with van der Waals surface area (Å²) >= 11 is 15.5. The number of benzene rings is 2. The fraction of sp³-hybridized carbons (Fsp3) is 0.350. The Balaban J connectivity index is 2.21. The zero-order valence-corrected chi connectivity index (χ0v) is 20.3. The zero-order chi connectivity index (χ0) is 22.1. The fourth-order valence-corrected chi connectivity index (χ4v) is 4.69. The second kappa shape index (κ2) is 12.0. The molecule has 0 saturated carbocycles. The quantitative estimate of drug-likeness (QED) is 0.428. The molecule has 0 aliphatic carbocycles. The first-order chi connectivity index (χ1) is 14.2. The summed E-state index contributed by atoms with van der Waals surface area (Å²) < 4.78 is 33.5. The van der Waals surface area contributed by atoms with Crippen LogP contribution in [0.15, 0.2) is 51.8 Å². The van der Waals surface area contributed by atoms with Crippen LogP contribution in [0.1, 0.15) is 18.9 Å². The molecule has 0 aromatic heterocycles. The van der Waals surface area contributed by atoms with Crippen LogP contribution in [0.2, 0.25) is 10.0 Å². The molecule has 30 heavy (non-hydrogen) atoms. The highest BCUT2D eigenvalue weighted by Crippen LogP contribution is 2.25. The van der Waals surface area contributed by atoms with Gasteiger partial charge >= 0.3 is 0 Å². The van der Waals surface area contributed by atoms with Crippen LogP contribution in [-0.2, 0) is 26.1 Å². The van der Waals surface area contributed by atoms with Gasteiger partial charge in [0.15, 0.2) is 0 Å². The van der Waals surface area contributed by atoms with Crippen LogP contribution in [0.4, 0.5) is 0 Å². The molecule has 0 atom stereocenters. The summed E-state index contributed by atoms with van der Waals surface area (Å²) in [6, 6.07) is 11.0. The van der Waals surface area contributed by atoms with Gasteiger partial charge < -0.3 is 10.1 Å². The van der Waals surface area contributed by atoms with Gasteiger partial charge in [-0.3, -0.25) is 4.79 Å². The molecule has 0 radical (unpaired) electrons. The molecule has 1 N–H and O–H groups in total. The molecule has 0 aliphatic heterocycles. The Kier molecular flexibility index (Phi) is 10.1. The number of hydrogen-bond donors (Lipinski definition) is 1. The number of carbonyl (C=O) groups excluding carboxylic acids is 1. The Morgan fingerprint density at radius 2 is 1.87 bits per heavy atom. The van der Waals surface area contributed by atoms with E-state index in [0.29, 0.717) is 41.8 Å². The summed E-state index contributed by atoms with van der Waals surface area (Å²) in [6.45, 7) is 3.01. The van der Waals surface area contributed by atoms with Gasteiger partial charge in [-0.1, -0.05) is 45.2 Å². The number of sulfonamides is 1. The lowest BCUT2D eigenvalue weighted by molar-refractivity contribution is -0.121. The van der Waals surface area contributed by atoms with Crippen molar-refractivity contribution in [1.82, 2.24) is 9.62 Å². The number of ether oxygens (including phenoxy) is 1. The third kappa shape index (κ3) is 7.51. The average Bonchev–Trinajstić information content (AvgIpc) is 2.69. The topological polar surface area (TPSA) is 75.7 Å². The highest BCUT2D eigenvalue weighted by Gasteiger charge is 2.27. The van der Waals surface area contributed by atoms with E-state index < -0.39 is 15.9 Å². The number of hydrogen-bond acceptors (Lipinski definition) is 4. The van der Waals surface area contributed by atoms with Crippen LogP contribution in [-0.4, -0.2) is 44.9 Å². The lowest BCUT2D eigenvalue weighted by Crippen LogP contribution is -2.40. The first kappa shape index (κ1) is 25.1. The fourth-order valence-electron chi connectivity index (χ4n) is 2.58. The Bertz CT molecular complexity index is 956. The van der Waals surface area contributed by atoms with Crippen molar-refractivity contribution in [2.24, 2.45) is 0 Å². The van der Waals surface area contributed by atoms with E-state index in [1.54, 1.807) is 24.3 Å². The van der Waals surface area contributed by atoms with Crippen LogP contribution in [0, 0.1) is 0 Å². The van der Waals surface area contributed by atoms with Gasteiger partial charge in [-0.05, 0) is 55.3 Å². The number of nitrogens with zero attached hydrogens (tertiary/aromatic N) is 1. The van der Waals surface area contributed by atoms with Crippen LogP contribution in [0.3, 0.4) is 0 Å². The van der Waals surface area contributed by atoms with E-state index >= 15 is 0 Å². The Hall–Kier alpha value is -1.16. The molecule has 164 valence electrons. The van der Waals surface area contributed by atoms with Crippen molar-refractivity contribution in [3.8, 4) is 0 Å². The Morgan fingerprint density at radius 3 is 2.50 bits per heavy atom. The molecule has 0 spiro atoms. The van der Waals surface area contributed by atoms with Gasteiger partial charge in [-0.25, -0.2) is 8.42 Å². The van der Waals surface area contributed by atoms with Gasteiger partial charge in [-0.2, -0.15) is 4.31 Å². The summed E-state index contributed by atoms with van der Waals surface area (Å²) in [5.41, 5.74) is 0.547.